The topological polar surface area (TPSA) is 66.9 Å². The Labute approximate surface area is 186 Å². The van der Waals surface area contributed by atoms with Crippen LogP contribution in [0.5, 0.6) is 0 Å². The molecule has 2 aliphatic rings. The van der Waals surface area contributed by atoms with Crippen molar-refractivity contribution in [1.29, 1.82) is 0 Å². The van der Waals surface area contributed by atoms with Gasteiger partial charge < -0.3 is 4.74 Å². The number of hydrogen-bond donors (Lipinski definition) is 0. The van der Waals surface area contributed by atoms with Crippen LogP contribution in [-0.2, 0) is 21.4 Å². The van der Waals surface area contributed by atoms with Crippen LogP contribution in [0.3, 0.4) is 0 Å². The highest BCUT2D eigenvalue weighted by Gasteiger charge is 2.38. The summed E-state index contributed by atoms with van der Waals surface area (Å²) >= 11 is 0. The fraction of sp³-hybridized carbons (Fsp3) is 0.292. The van der Waals surface area contributed by atoms with Crippen molar-refractivity contribution in [2.45, 2.75) is 37.3 Å². The number of benzene rings is 3. The third kappa shape index (κ3) is 3.34. The second-order valence-electron chi connectivity index (χ2n) is 8.23. The van der Waals surface area contributed by atoms with E-state index in [1.54, 1.807) is 29.2 Å². The lowest BCUT2D eigenvalue weighted by Gasteiger charge is -2.40. The molecule has 5 rings (SSSR count). The number of halogens is 1. The van der Waals surface area contributed by atoms with Crippen molar-refractivity contribution in [1.82, 2.24) is 4.31 Å². The lowest BCUT2D eigenvalue weighted by Crippen LogP contribution is -2.50. The number of amides is 1. The standard InChI is InChI=1S/C24H23FN2O4S/c1-16-5-4-6-17-15-31-24(28)27(23(16)17)18-11-13-26(14-12-18)32(29,30)22-10-9-21(25)19-7-2-3-8-20(19)22/h2-10,18H,11-15H2,1H3. The number of nitrogens with zero attached hydrogens (tertiary/aromatic N) is 2. The van der Waals surface area contributed by atoms with Crippen LogP contribution < -0.4 is 4.90 Å². The van der Waals surface area contributed by atoms with Crippen molar-refractivity contribution >= 4 is 32.6 Å². The highest BCUT2D eigenvalue weighted by atomic mass is 32.2. The summed E-state index contributed by atoms with van der Waals surface area (Å²) in [6.45, 7) is 2.74. The molecular formula is C24H23FN2O4S. The number of fused-ring (bicyclic) bond motifs is 2. The number of para-hydroxylation sites is 1. The van der Waals surface area contributed by atoms with Gasteiger partial charge >= 0.3 is 6.09 Å². The first-order valence-electron chi connectivity index (χ1n) is 10.6. The summed E-state index contributed by atoms with van der Waals surface area (Å²) in [5, 5.41) is 0.658. The molecule has 0 bridgehead atoms. The molecular weight excluding hydrogens is 431 g/mol. The molecule has 1 saturated heterocycles. The van der Waals surface area contributed by atoms with Gasteiger partial charge in [-0.1, -0.05) is 42.5 Å². The number of ether oxygens (including phenoxy) is 1. The molecule has 0 aliphatic carbocycles. The third-order valence-electron chi connectivity index (χ3n) is 6.35. The van der Waals surface area contributed by atoms with Gasteiger partial charge in [0.05, 0.1) is 10.6 Å². The van der Waals surface area contributed by atoms with Crippen molar-refractivity contribution in [2.24, 2.45) is 0 Å². The van der Waals surface area contributed by atoms with Gasteiger partial charge in [0.2, 0.25) is 10.0 Å². The van der Waals surface area contributed by atoms with E-state index in [9.17, 15) is 17.6 Å². The summed E-state index contributed by atoms with van der Waals surface area (Å²) < 4.78 is 47.8. The average molecular weight is 455 g/mol. The van der Waals surface area contributed by atoms with E-state index in [-0.39, 0.29) is 36.0 Å². The van der Waals surface area contributed by atoms with Crippen molar-refractivity contribution < 1.29 is 22.3 Å². The lowest BCUT2D eigenvalue weighted by atomic mass is 10.00. The number of carbonyl (C=O) groups is 1. The minimum atomic E-state index is -3.81. The molecule has 0 spiro atoms. The molecule has 1 amide bonds. The normalized spacial score (nSPS) is 17.9. The van der Waals surface area contributed by atoms with Gasteiger partial charge in [0.15, 0.2) is 0 Å². The van der Waals surface area contributed by atoms with Crippen LogP contribution in [0, 0.1) is 12.7 Å². The molecule has 0 N–H and O–H groups in total. The number of hydrogen-bond acceptors (Lipinski definition) is 4. The smallest absolute Gasteiger partial charge is 0.414 e. The second-order valence-corrected chi connectivity index (χ2v) is 10.1. The summed E-state index contributed by atoms with van der Waals surface area (Å²) in [7, 11) is -3.81. The van der Waals surface area contributed by atoms with E-state index in [2.05, 4.69) is 0 Å². The summed E-state index contributed by atoms with van der Waals surface area (Å²) in [6.07, 6.45) is 0.584. The Bertz CT molecular complexity index is 1320. The van der Waals surface area contributed by atoms with E-state index in [0.717, 1.165) is 16.8 Å². The van der Waals surface area contributed by atoms with E-state index < -0.39 is 21.9 Å². The highest BCUT2D eigenvalue weighted by molar-refractivity contribution is 7.89. The van der Waals surface area contributed by atoms with Gasteiger partial charge in [-0.2, -0.15) is 4.31 Å². The number of anilines is 1. The first-order valence-corrected chi connectivity index (χ1v) is 12.0. The van der Waals surface area contributed by atoms with Crippen LogP contribution in [0.2, 0.25) is 0 Å². The molecule has 32 heavy (non-hydrogen) atoms. The Morgan fingerprint density at radius 1 is 0.969 bits per heavy atom. The number of cyclic esters (lactones) is 1. The maximum Gasteiger partial charge on any atom is 0.414 e. The Kier molecular flexibility index (Phi) is 5.14. The molecule has 2 heterocycles. The number of sulfonamides is 1. The van der Waals surface area contributed by atoms with Crippen LogP contribution in [0.15, 0.2) is 59.5 Å². The van der Waals surface area contributed by atoms with Gasteiger partial charge in [0.1, 0.15) is 12.4 Å². The van der Waals surface area contributed by atoms with Crippen LogP contribution in [0.1, 0.15) is 24.0 Å². The van der Waals surface area contributed by atoms with Gasteiger partial charge in [-0.15, -0.1) is 0 Å². The Balaban J connectivity index is 1.41. The minimum Gasteiger partial charge on any atom is -0.444 e. The largest absolute Gasteiger partial charge is 0.444 e. The predicted molar refractivity (Wildman–Crippen MR) is 120 cm³/mol. The molecule has 166 valence electrons. The van der Waals surface area contributed by atoms with Crippen molar-refractivity contribution in [3.05, 3.63) is 71.5 Å². The van der Waals surface area contributed by atoms with Crippen LogP contribution in [0.25, 0.3) is 10.8 Å². The molecule has 0 aromatic heterocycles. The molecule has 0 radical (unpaired) electrons. The number of aryl methyl sites for hydroxylation is 1. The quantitative estimate of drug-likeness (QED) is 0.580. The fourth-order valence-electron chi connectivity index (χ4n) is 4.75. The molecule has 0 unspecified atom stereocenters. The summed E-state index contributed by atoms with van der Waals surface area (Å²) in [4.78, 5) is 14.4. The van der Waals surface area contributed by atoms with Crippen LogP contribution in [-0.4, -0.2) is 37.9 Å². The number of rotatable bonds is 3. The molecule has 2 aliphatic heterocycles. The summed E-state index contributed by atoms with van der Waals surface area (Å²) in [5.74, 6) is -0.448. The van der Waals surface area contributed by atoms with Gasteiger partial charge in [0, 0.05) is 35.5 Å². The zero-order chi connectivity index (χ0) is 22.5. The van der Waals surface area contributed by atoms with E-state index in [4.69, 9.17) is 4.74 Å². The van der Waals surface area contributed by atoms with Gasteiger partial charge in [-0.3, -0.25) is 4.90 Å². The fourth-order valence-corrected chi connectivity index (χ4v) is 6.42. The van der Waals surface area contributed by atoms with Gasteiger partial charge in [0.25, 0.3) is 0 Å². The number of piperidine rings is 1. The first kappa shape index (κ1) is 20.9. The monoisotopic (exact) mass is 454 g/mol. The van der Waals surface area contributed by atoms with E-state index in [1.165, 1.54) is 16.4 Å². The summed E-state index contributed by atoms with van der Waals surface area (Å²) in [5.41, 5.74) is 2.82. The Morgan fingerprint density at radius 2 is 1.69 bits per heavy atom. The average Bonchev–Trinajstić information content (AvgIpc) is 2.80. The maximum absolute atomic E-state index is 14.2. The summed E-state index contributed by atoms with van der Waals surface area (Å²) in [6, 6.07) is 14.8. The van der Waals surface area contributed by atoms with E-state index >= 15 is 0 Å². The van der Waals surface area contributed by atoms with E-state index in [1.807, 2.05) is 25.1 Å². The van der Waals surface area contributed by atoms with Gasteiger partial charge in [-0.05, 0) is 37.5 Å². The molecule has 3 aromatic rings. The minimum absolute atomic E-state index is 0.103. The lowest BCUT2D eigenvalue weighted by molar-refractivity contribution is 0.135. The zero-order valence-electron chi connectivity index (χ0n) is 17.6. The van der Waals surface area contributed by atoms with E-state index in [0.29, 0.717) is 18.2 Å². The van der Waals surface area contributed by atoms with Crippen LogP contribution >= 0.6 is 0 Å². The molecule has 1 fully saturated rings. The SMILES string of the molecule is Cc1cccc2c1N(C1CCN(S(=O)(=O)c3ccc(F)c4ccccc34)CC1)C(=O)OC2. The third-order valence-corrected chi connectivity index (χ3v) is 8.30. The Morgan fingerprint density at radius 3 is 2.44 bits per heavy atom. The van der Waals surface area contributed by atoms with Crippen molar-refractivity contribution in [3.63, 3.8) is 0 Å². The predicted octanol–water partition coefficient (Wildman–Crippen LogP) is 4.60. The van der Waals surface area contributed by atoms with Crippen LogP contribution in [0.4, 0.5) is 14.9 Å². The first-order chi connectivity index (χ1) is 15.4. The molecule has 0 atom stereocenters. The molecule has 8 heteroatoms. The molecule has 0 saturated carbocycles. The molecule has 3 aromatic carbocycles. The van der Waals surface area contributed by atoms with Gasteiger partial charge in [-0.25, -0.2) is 17.6 Å². The zero-order valence-corrected chi connectivity index (χ0v) is 18.4. The molecule has 6 nitrogen and oxygen atoms in total. The second kappa shape index (κ2) is 7.86. The highest BCUT2D eigenvalue weighted by Crippen LogP contribution is 2.36. The maximum atomic E-state index is 14.2. The van der Waals surface area contributed by atoms with Crippen molar-refractivity contribution in [2.75, 3.05) is 18.0 Å². The number of carbonyl (C=O) groups excluding carboxylic acids is 1. The Hall–Kier alpha value is -2.97. The van der Waals surface area contributed by atoms with Crippen molar-refractivity contribution in [3.8, 4) is 0 Å².